The van der Waals surface area contributed by atoms with Gasteiger partial charge in [0.2, 0.25) is 0 Å². The molecule has 0 unspecified atom stereocenters. The molecule has 21 heavy (non-hydrogen) atoms. The van der Waals surface area contributed by atoms with Crippen molar-refractivity contribution in [3.05, 3.63) is 24.5 Å². The maximum Gasteiger partial charge on any atom is 0.139 e. The van der Waals surface area contributed by atoms with Gasteiger partial charge in [-0.15, -0.1) is 0 Å². The van der Waals surface area contributed by atoms with E-state index in [0.29, 0.717) is 0 Å². The number of anilines is 2. The lowest BCUT2D eigenvalue weighted by atomic mass is 9.96. The lowest BCUT2D eigenvalue weighted by Gasteiger charge is -2.32. The van der Waals surface area contributed by atoms with Crippen LogP contribution in [0.3, 0.4) is 0 Å². The van der Waals surface area contributed by atoms with Crippen LogP contribution in [0.1, 0.15) is 12.8 Å². The molecular weight excluding hydrogens is 262 g/mol. The van der Waals surface area contributed by atoms with Gasteiger partial charge in [0, 0.05) is 24.7 Å². The van der Waals surface area contributed by atoms with Crippen molar-refractivity contribution in [2.24, 2.45) is 5.92 Å². The Labute approximate surface area is 125 Å². The van der Waals surface area contributed by atoms with Crippen LogP contribution < -0.4 is 10.6 Å². The van der Waals surface area contributed by atoms with E-state index in [-0.39, 0.29) is 0 Å². The third-order valence-corrected chi connectivity index (χ3v) is 4.37. The van der Waals surface area contributed by atoms with Crippen LogP contribution in [0.2, 0.25) is 0 Å². The summed E-state index contributed by atoms with van der Waals surface area (Å²) in [5.74, 6) is 1.71. The number of benzene rings is 1. The van der Waals surface area contributed by atoms with Gasteiger partial charge in [-0.1, -0.05) is 0 Å². The van der Waals surface area contributed by atoms with Crippen molar-refractivity contribution in [2.45, 2.75) is 12.8 Å². The number of nitrogen functional groups attached to an aromatic ring is 1. The summed E-state index contributed by atoms with van der Waals surface area (Å²) in [5, 5.41) is 1.04. The molecule has 0 saturated carbocycles. The molecule has 0 spiro atoms. The molecule has 0 atom stereocenters. The third-order valence-electron chi connectivity index (χ3n) is 4.37. The minimum absolute atomic E-state index is 0.734. The Morgan fingerprint density at radius 3 is 2.81 bits per heavy atom. The summed E-state index contributed by atoms with van der Waals surface area (Å²) in [4.78, 5) is 13.4. The molecule has 1 aliphatic heterocycles. The van der Waals surface area contributed by atoms with Crippen LogP contribution >= 0.6 is 0 Å². The van der Waals surface area contributed by atoms with E-state index in [2.05, 4.69) is 33.9 Å². The molecule has 2 N–H and O–H groups in total. The summed E-state index contributed by atoms with van der Waals surface area (Å²) in [6, 6.07) is 5.81. The highest BCUT2D eigenvalue weighted by atomic mass is 15.2. The lowest BCUT2D eigenvalue weighted by Crippen LogP contribution is -2.36. The van der Waals surface area contributed by atoms with Gasteiger partial charge >= 0.3 is 0 Å². The van der Waals surface area contributed by atoms with E-state index in [4.69, 9.17) is 5.73 Å². The van der Waals surface area contributed by atoms with E-state index in [0.717, 1.165) is 34.9 Å². The predicted molar refractivity (Wildman–Crippen MR) is 87.4 cm³/mol. The number of rotatable bonds is 3. The number of piperidine rings is 1. The Hall–Kier alpha value is -1.88. The molecule has 5 heteroatoms. The monoisotopic (exact) mass is 285 g/mol. The standard InChI is InChI=1S/C16H23N5/c1-20-7-5-12(6-8-20)10-21(2)16-14-9-13(17)3-4-15(14)18-11-19-16/h3-4,9,11-12H,5-8,10,17H2,1-2H3. The van der Waals surface area contributed by atoms with Crippen LogP contribution in [-0.4, -0.2) is 48.6 Å². The van der Waals surface area contributed by atoms with Gasteiger partial charge in [0.25, 0.3) is 0 Å². The number of hydrogen-bond acceptors (Lipinski definition) is 5. The second kappa shape index (κ2) is 5.85. The zero-order valence-corrected chi connectivity index (χ0v) is 12.8. The van der Waals surface area contributed by atoms with Crippen molar-refractivity contribution in [3.63, 3.8) is 0 Å². The number of nitrogens with zero attached hydrogens (tertiary/aromatic N) is 4. The topological polar surface area (TPSA) is 58.3 Å². The normalized spacial score (nSPS) is 17.2. The second-order valence-corrected chi connectivity index (χ2v) is 6.10. The van der Waals surface area contributed by atoms with Crippen molar-refractivity contribution in [1.29, 1.82) is 0 Å². The predicted octanol–water partition coefficient (Wildman–Crippen LogP) is 1.99. The molecule has 1 saturated heterocycles. The van der Waals surface area contributed by atoms with Crippen LogP contribution in [0.25, 0.3) is 10.9 Å². The maximum absolute atomic E-state index is 5.91. The van der Waals surface area contributed by atoms with E-state index >= 15 is 0 Å². The highest BCUT2D eigenvalue weighted by molar-refractivity contribution is 5.91. The van der Waals surface area contributed by atoms with Gasteiger partial charge in [-0.05, 0) is 57.1 Å². The lowest BCUT2D eigenvalue weighted by molar-refractivity contribution is 0.222. The van der Waals surface area contributed by atoms with Crippen molar-refractivity contribution in [2.75, 3.05) is 44.4 Å². The third kappa shape index (κ3) is 3.08. The first-order valence-corrected chi connectivity index (χ1v) is 7.53. The van der Waals surface area contributed by atoms with Crippen LogP contribution in [0.4, 0.5) is 11.5 Å². The number of fused-ring (bicyclic) bond motifs is 1. The minimum Gasteiger partial charge on any atom is -0.399 e. The SMILES string of the molecule is CN1CCC(CN(C)c2ncnc3ccc(N)cc23)CC1. The van der Waals surface area contributed by atoms with E-state index in [1.807, 2.05) is 18.2 Å². The Kier molecular flexibility index (Phi) is 3.92. The second-order valence-electron chi connectivity index (χ2n) is 6.10. The van der Waals surface area contributed by atoms with E-state index in [9.17, 15) is 0 Å². The average molecular weight is 285 g/mol. The molecule has 1 aliphatic rings. The number of aromatic nitrogens is 2. The van der Waals surface area contributed by atoms with Crippen molar-refractivity contribution < 1.29 is 0 Å². The average Bonchev–Trinajstić information content (AvgIpc) is 2.49. The fourth-order valence-electron chi connectivity index (χ4n) is 3.08. The van der Waals surface area contributed by atoms with E-state index in [1.54, 1.807) is 6.33 Å². The van der Waals surface area contributed by atoms with Gasteiger partial charge in [0.05, 0.1) is 5.52 Å². The van der Waals surface area contributed by atoms with Gasteiger partial charge in [-0.2, -0.15) is 0 Å². The first kappa shape index (κ1) is 14.1. The smallest absolute Gasteiger partial charge is 0.139 e. The Bertz CT molecular complexity index is 619. The fraction of sp³-hybridized carbons (Fsp3) is 0.500. The Morgan fingerprint density at radius 1 is 1.29 bits per heavy atom. The first-order chi connectivity index (χ1) is 10.1. The highest BCUT2D eigenvalue weighted by Gasteiger charge is 2.19. The molecule has 2 heterocycles. The molecule has 0 radical (unpaired) electrons. The summed E-state index contributed by atoms with van der Waals surface area (Å²) in [7, 11) is 4.31. The van der Waals surface area contributed by atoms with Crippen LogP contribution in [0, 0.1) is 5.92 Å². The first-order valence-electron chi connectivity index (χ1n) is 7.53. The zero-order chi connectivity index (χ0) is 14.8. The number of nitrogens with two attached hydrogens (primary N) is 1. The van der Waals surface area contributed by atoms with Gasteiger partial charge in [-0.25, -0.2) is 9.97 Å². The highest BCUT2D eigenvalue weighted by Crippen LogP contribution is 2.26. The molecule has 112 valence electrons. The Morgan fingerprint density at radius 2 is 2.05 bits per heavy atom. The van der Waals surface area contributed by atoms with Gasteiger partial charge in [0.1, 0.15) is 12.1 Å². The fourth-order valence-corrected chi connectivity index (χ4v) is 3.08. The molecule has 1 aromatic heterocycles. The van der Waals surface area contributed by atoms with Gasteiger partial charge < -0.3 is 15.5 Å². The van der Waals surface area contributed by atoms with Crippen LogP contribution in [0.15, 0.2) is 24.5 Å². The summed E-state index contributed by atoms with van der Waals surface area (Å²) >= 11 is 0. The van der Waals surface area contributed by atoms with Crippen molar-refractivity contribution in [1.82, 2.24) is 14.9 Å². The largest absolute Gasteiger partial charge is 0.399 e. The van der Waals surface area contributed by atoms with Crippen molar-refractivity contribution in [3.8, 4) is 0 Å². The molecule has 3 rings (SSSR count). The van der Waals surface area contributed by atoms with E-state index < -0.39 is 0 Å². The molecule has 0 aliphatic carbocycles. The maximum atomic E-state index is 5.91. The Balaban J connectivity index is 1.81. The van der Waals surface area contributed by atoms with E-state index in [1.165, 1.54) is 25.9 Å². The molecule has 0 amide bonds. The quantitative estimate of drug-likeness (QED) is 0.874. The molecule has 1 fully saturated rings. The number of hydrogen-bond donors (Lipinski definition) is 1. The summed E-state index contributed by atoms with van der Waals surface area (Å²) in [5.41, 5.74) is 7.62. The molecule has 0 bridgehead atoms. The van der Waals surface area contributed by atoms with Crippen LogP contribution in [0.5, 0.6) is 0 Å². The van der Waals surface area contributed by atoms with Crippen molar-refractivity contribution >= 4 is 22.4 Å². The summed E-state index contributed by atoms with van der Waals surface area (Å²) in [6.45, 7) is 3.42. The molecule has 5 nitrogen and oxygen atoms in total. The molecule has 1 aromatic carbocycles. The summed E-state index contributed by atoms with van der Waals surface area (Å²) < 4.78 is 0. The molecular formula is C16H23N5. The van der Waals surface area contributed by atoms with Crippen LogP contribution in [-0.2, 0) is 0 Å². The molecule has 2 aromatic rings. The summed E-state index contributed by atoms with van der Waals surface area (Å²) in [6.07, 6.45) is 4.15. The van der Waals surface area contributed by atoms with Gasteiger partial charge in [0.15, 0.2) is 0 Å². The zero-order valence-electron chi connectivity index (χ0n) is 12.8. The minimum atomic E-state index is 0.734. The number of likely N-dealkylation sites (tertiary alicyclic amines) is 1. The van der Waals surface area contributed by atoms with Gasteiger partial charge in [-0.3, -0.25) is 0 Å².